The molecule has 0 fully saturated rings. The minimum Gasteiger partial charge on any atom is -0.496 e. The maximum absolute atomic E-state index is 12.3. The predicted octanol–water partition coefficient (Wildman–Crippen LogP) is 2.47. The van der Waals surface area contributed by atoms with Crippen molar-refractivity contribution in [1.82, 2.24) is 10.2 Å². The maximum atomic E-state index is 12.3. The van der Waals surface area contributed by atoms with Crippen LogP contribution in [0.1, 0.15) is 11.1 Å². The van der Waals surface area contributed by atoms with Crippen LogP contribution < -0.4 is 15.8 Å². The van der Waals surface area contributed by atoms with Crippen LogP contribution in [0.5, 0.6) is 5.75 Å². The van der Waals surface area contributed by atoms with E-state index in [4.69, 9.17) is 22.1 Å². The molecule has 26 heavy (non-hydrogen) atoms. The van der Waals surface area contributed by atoms with Crippen molar-refractivity contribution in [2.75, 3.05) is 33.3 Å². The van der Waals surface area contributed by atoms with Crippen molar-refractivity contribution >= 4 is 17.5 Å². The number of hydrogen-bond acceptors (Lipinski definition) is 4. The van der Waals surface area contributed by atoms with Crippen LogP contribution in [0.3, 0.4) is 0 Å². The summed E-state index contributed by atoms with van der Waals surface area (Å²) in [6.45, 7) is 2.67. The van der Waals surface area contributed by atoms with Gasteiger partial charge in [-0.15, -0.1) is 0 Å². The van der Waals surface area contributed by atoms with Gasteiger partial charge >= 0.3 is 0 Å². The number of nitrogens with two attached hydrogens (primary N) is 1. The third kappa shape index (κ3) is 6.67. The summed E-state index contributed by atoms with van der Waals surface area (Å²) in [6.07, 6.45) is 0.885. The highest BCUT2D eigenvalue weighted by molar-refractivity contribution is 6.30. The van der Waals surface area contributed by atoms with Gasteiger partial charge in [-0.05, 0) is 30.2 Å². The van der Waals surface area contributed by atoms with Gasteiger partial charge in [0.05, 0.1) is 13.7 Å². The largest absolute Gasteiger partial charge is 0.496 e. The van der Waals surface area contributed by atoms with Gasteiger partial charge in [-0.1, -0.05) is 41.9 Å². The van der Waals surface area contributed by atoms with Gasteiger partial charge in [-0.25, -0.2) is 0 Å². The summed E-state index contributed by atoms with van der Waals surface area (Å²) in [5.41, 5.74) is 7.79. The quantitative estimate of drug-likeness (QED) is 0.669. The highest BCUT2D eigenvalue weighted by Crippen LogP contribution is 2.22. The first-order valence-corrected chi connectivity index (χ1v) is 9.05. The predicted molar refractivity (Wildman–Crippen MR) is 105 cm³/mol. The standard InChI is InChI=1S/C20H26ClN3O2/c1-26-19-8-7-18(21)13-17(19)14-23-20(25)15-24(12-10-22)11-9-16-5-3-2-4-6-16/h2-8,13H,9-12,14-15,22H2,1H3,(H,23,25). The molecular formula is C20H26ClN3O2. The van der Waals surface area contributed by atoms with Gasteiger partial charge in [0, 0.05) is 36.8 Å². The summed E-state index contributed by atoms with van der Waals surface area (Å²) in [5, 5.41) is 3.54. The lowest BCUT2D eigenvalue weighted by Crippen LogP contribution is -2.40. The van der Waals surface area contributed by atoms with E-state index in [1.165, 1.54) is 5.56 Å². The summed E-state index contributed by atoms with van der Waals surface area (Å²) in [5.74, 6) is 0.658. The van der Waals surface area contributed by atoms with Crippen molar-refractivity contribution < 1.29 is 9.53 Å². The van der Waals surface area contributed by atoms with Gasteiger partial charge in [0.2, 0.25) is 5.91 Å². The van der Waals surface area contributed by atoms with Crippen LogP contribution in [0.4, 0.5) is 0 Å². The third-order valence-corrected chi connectivity index (χ3v) is 4.33. The highest BCUT2D eigenvalue weighted by Gasteiger charge is 2.11. The Hall–Kier alpha value is -2.08. The molecule has 0 aliphatic heterocycles. The second kappa shape index (κ2) is 10.8. The molecule has 0 heterocycles. The molecule has 0 aliphatic carbocycles. The SMILES string of the molecule is COc1ccc(Cl)cc1CNC(=O)CN(CCN)CCc1ccccc1. The lowest BCUT2D eigenvalue weighted by molar-refractivity contribution is -0.122. The fraction of sp³-hybridized carbons (Fsp3) is 0.350. The topological polar surface area (TPSA) is 67.6 Å². The Balaban J connectivity index is 1.86. The lowest BCUT2D eigenvalue weighted by Gasteiger charge is -2.21. The molecule has 140 valence electrons. The van der Waals surface area contributed by atoms with Crippen LogP contribution in [0.15, 0.2) is 48.5 Å². The van der Waals surface area contributed by atoms with Gasteiger partial charge in [0.15, 0.2) is 0 Å². The Labute approximate surface area is 160 Å². The molecule has 1 amide bonds. The zero-order valence-corrected chi connectivity index (χ0v) is 15.8. The van der Waals surface area contributed by atoms with Crippen LogP contribution in [-0.4, -0.2) is 44.1 Å². The fourth-order valence-electron chi connectivity index (χ4n) is 2.72. The van der Waals surface area contributed by atoms with Gasteiger partial charge < -0.3 is 15.8 Å². The summed E-state index contributed by atoms with van der Waals surface area (Å²) in [6, 6.07) is 15.6. The molecular weight excluding hydrogens is 350 g/mol. The van der Waals surface area contributed by atoms with Crippen LogP contribution in [-0.2, 0) is 17.8 Å². The van der Waals surface area contributed by atoms with E-state index in [2.05, 4.69) is 22.3 Å². The molecule has 0 radical (unpaired) electrons. The zero-order valence-electron chi connectivity index (χ0n) is 15.1. The molecule has 6 heteroatoms. The van der Waals surface area contributed by atoms with Crippen LogP contribution in [0.25, 0.3) is 0 Å². The molecule has 3 N–H and O–H groups in total. The lowest BCUT2D eigenvalue weighted by atomic mass is 10.1. The van der Waals surface area contributed by atoms with Crippen molar-refractivity contribution in [3.63, 3.8) is 0 Å². The first-order chi connectivity index (χ1) is 12.6. The van der Waals surface area contributed by atoms with Crippen LogP contribution >= 0.6 is 11.6 Å². The Morgan fingerprint density at radius 1 is 1.19 bits per heavy atom. The van der Waals surface area contributed by atoms with E-state index in [1.807, 2.05) is 18.2 Å². The average molecular weight is 376 g/mol. The molecule has 0 unspecified atom stereocenters. The van der Waals surface area contributed by atoms with E-state index in [0.717, 1.165) is 18.5 Å². The molecule has 0 aromatic heterocycles. The van der Waals surface area contributed by atoms with Gasteiger partial charge in [-0.3, -0.25) is 9.69 Å². The summed E-state index contributed by atoms with van der Waals surface area (Å²) in [7, 11) is 1.60. The number of benzene rings is 2. The number of nitrogens with one attached hydrogen (secondary N) is 1. The van der Waals surface area contributed by atoms with Crippen molar-refractivity contribution in [2.45, 2.75) is 13.0 Å². The van der Waals surface area contributed by atoms with E-state index in [0.29, 0.717) is 37.0 Å². The van der Waals surface area contributed by atoms with E-state index in [9.17, 15) is 4.79 Å². The van der Waals surface area contributed by atoms with Crippen molar-refractivity contribution in [1.29, 1.82) is 0 Å². The maximum Gasteiger partial charge on any atom is 0.234 e. The second-order valence-electron chi connectivity index (χ2n) is 6.03. The van der Waals surface area contributed by atoms with Crippen LogP contribution in [0.2, 0.25) is 5.02 Å². The number of ether oxygens (including phenoxy) is 1. The fourth-order valence-corrected chi connectivity index (χ4v) is 2.92. The molecule has 0 aliphatic rings. The van der Waals surface area contributed by atoms with Gasteiger partial charge in [0.1, 0.15) is 5.75 Å². The number of hydrogen-bond donors (Lipinski definition) is 2. The van der Waals surface area contributed by atoms with Crippen molar-refractivity contribution in [3.8, 4) is 5.75 Å². The number of carbonyl (C=O) groups is 1. The normalized spacial score (nSPS) is 10.8. The zero-order chi connectivity index (χ0) is 18.8. The number of carbonyl (C=O) groups excluding carboxylic acids is 1. The minimum atomic E-state index is -0.0476. The van der Waals surface area contributed by atoms with E-state index in [-0.39, 0.29) is 5.91 Å². The first kappa shape index (κ1) is 20.2. The second-order valence-corrected chi connectivity index (χ2v) is 6.47. The minimum absolute atomic E-state index is 0.0476. The number of methoxy groups -OCH3 is 1. The molecule has 5 nitrogen and oxygen atoms in total. The third-order valence-electron chi connectivity index (χ3n) is 4.09. The number of nitrogens with zero attached hydrogens (tertiary/aromatic N) is 1. The number of rotatable bonds is 10. The van der Waals surface area contributed by atoms with Crippen molar-refractivity contribution in [3.05, 3.63) is 64.7 Å². The van der Waals surface area contributed by atoms with Crippen molar-refractivity contribution in [2.24, 2.45) is 5.73 Å². The summed E-state index contributed by atoms with van der Waals surface area (Å²) >= 11 is 6.02. The monoisotopic (exact) mass is 375 g/mol. The van der Waals surface area contributed by atoms with Gasteiger partial charge in [0.25, 0.3) is 0 Å². The van der Waals surface area contributed by atoms with E-state index in [1.54, 1.807) is 25.3 Å². The Morgan fingerprint density at radius 3 is 2.65 bits per heavy atom. The Kier molecular flexibility index (Phi) is 8.41. The van der Waals surface area contributed by atoms with Gasteiger partial charge in [-0.2, -0.15) is 0 Å². The molecule has 0 saturated heterocycles. The highest BCUT2D eigenvalue weighted by atomic mass is 35.5. The molecule has 0 spiro atoms. The Morgan fingerprint density at radius 2 is 1.96 bits per heavy atom. The summed E-state index contributed by atoms with van der Waals surface area (Å²) < 4.78 is 5.30. The first-order valence-electron chi connectivity index (χ1n) is 8.68. The smallest absolute Gasteiger partial charge is 0.234 e. The average Bonchev–Trinajstić information content (AvgIpc) is 2.65. The molecule has 2 rings (SSSR count). The van der Waals surface area contributed by atoms with E-state index < -0.39 is 0 Å². The van der Waals surface area contributed by atoms with Crippen LogP contribution in [0, 0.1) is 0 Å². The molecule has 0 bridgehead atoms. The number of amides is 1. The molecule has 2 aromatic rings. The molecule has 0 atom stereocenters. The molecule has 2 aromatic carbocycles. The Bertz CT molecular complexity index is 695. The molecule has 0 saturated carbocycles. The number of halogens is 1. The summed E-state index contributed by atoms with van der Waals surface area (Å²) in [4.78, 5) is 14.4. The van der Waals surface area contributed by atoms with E-state index >= 15 is 0 Å².